The molecule has 3 nitrogen and oxygen atoms in total. The molecule has 0 radical (unpaired) electrons. The van der Waals surface area contributed by atoms with Crippen molar-refractivity contribution in [3.8, 4) is 0 Å². The minimum absolute atomic E-state index is 0.408. The molecular formula is C12H25F3N2O. The average molecular weight is 270 g/mol. The van der Waals surface area contributed by atoms with Gasteiger partial charge in [0.2, 0.25) is 0 Å². The van der Waals surface area contributed by atoms with Crippen LogP contribution in [-0.2, 0) is 4.74 Å². The molecule has 0 aromatic rings. The Kier molecular flexibility index (Phi) is 10.4. The van der Waals surface area contributed by atoms with Gasteiger partial charge in [-0.1, -0.05) is 20.3 Å². The second-order valence-corrected chi connectivity index (χ2v) is 4.20. The molecule has 1 N–H and O–H groups in total. The third-order valence-corrected chi connectivity index (χ3v) is 2.52. The van der Waals surface area contributed by atoms with Gasteiger partial charge in [0.25, 0.3) is 0 Å². The lowest BCUT2D eigenvalue weighted by atomic mass is 10.4. The highest BCUT2D eigenvalue weighted by Crippen LogP contribution is 2.15. The predicted octanol–water partition coefficient (Wildman–Crippen LogP) is 2.28. The minimum atomic E-state index is -4.11. The summed E-state index contributed by atoms with van der Waals surface area (Å²) in [7, 11) is 0. The molecule has 0 aromatic heterocycles. The standard InChI is InChI=1S/C12H25F3N2O/c1-3-5-9-18-10-7-16-6-8-17(4-2)11-12(13,14)15/h16H,3-11H2,1-2H3. The molecule has 0 rings (SSSR count). The molecule has 110 valence electrons. The molecule has 0 saturated carbocycles. The van der Waals surface area contributed by atoms with E-state index in [0.717, 1.165) is 19.4 Å². The Morgan fingerprint density at radius 2 is 1.83 bits per heavy atom. The molecule has 0 unspecified atom stereocenters. The zero-order valence-electron chi connectivity index (χ0n) is 11.4. The maximum atomic E-state index is 12.2. The Hall–Kier alpha value is -0.330. The fourth-order valence-corrected chi connectivity index (χ4v) is 1.46. The number of hydrogen-bond acceptors (Lipinski definition) is 3. The number of nitrogens with zero attached hydrogens (tertiary/aromatic N) is 1. The summed E-state index contributed by atoms with van der Waals surface area (Å²) in [6, 6.07) is 0. The fraction of sp³-hybridized carbons (Fsp3) is 1.00. The normalized spacial score (nSPS) is 12.3. The van der Waals surface area contributed by atoms with Crippen LogP contribution >= 0.6 is 0 Å². The number of nitrogens with one attached hydrogen (secondary N) is 1. The van der Waals surface area contributed by atoms with E-state index in [1.54, 1.807) is 6.92 Å². The topological polar surface area (TPSA) is 24.5 Å². The Morgan fingerprint density at radius 1 is 1.11 bits per heavy atom. The minimum Gasteiger partial charge on any atom is -0.380 e. The summed E-state index contributed by atoms with van der Waals surface area (Å²) in [5, 5.41) is 3.08. The van der Waals surface area contributed by atoms with Gasteiger partial charge in [-0.2, -0.15) is 13.2 Å². The summed E-state index contributed by atoms with van der Waals surface area (Å²) in [6.45, 7) is 6.44. The molecule has 0 aliphatic carbocycles. The maximum Gasteiger partial charge on any atom is 0.401 e. The van der Waals surface area contributed by atoms with Gasteiger partial charge in [-0.3, -0.25) is 4.90 Å². The fourth-order valence-electron chi connectivity index (χ4n) is 1.46. The number of hydrogen-bond donors (Lipinski definition) is 1. The van der Waals surface area contributed by atoms with Crippen LogP contribution in [0.4, 0.5) is 13.2 Å². The summed E-state index contributed by atoms with van der Waals surface area (Å²) in [4.78, 5) is 1.38. The van der Waals surface area contributed by atoms with Gasteiger partial charge in [0.15, 0.2) is 0 Å². The Morgan fingerprint density at radius 3 is 2.39 bits per heavy atom. The van der Waals surface area contributed by atoms with Crippen LogP contribution in [0.15, 0.2) is 0 Å². The van der Waals surface area contributed by atoms with Crippen molar-refractivity contribution >= 4 is 0 Å². The van der Waals surface area contributed by atoms with E-state index in [-0.39, 0.29) is 0 Å². The van der Waals surface area contributed by atoms with Crippen LogP contribution in [-0.4, -0.2) is 57.0 Å². The van der Waals surface area contributed by atoms with Crippen LogP contribution in [0.2, 0.25) is 0 Å². The second kappa shape index (κ2) is 10.6. The van der Waals surface area contributed by atoms with Gasteiger partial charge in [-0.25, -0.2) is 0 Å². The number of unbranched alkanes of at least 4 members (excludes halogenated alkanes) is 1. The van der Waals surface area contributed by atoms with E-state index in [1.807, 2.05) is 0 Å². The third-order valence-electron chi connectivity index (χ3n) is 2.52. The highest BCUT2D eigenvalue weighted by molar-refractivity contribution is 4.63. The van der Waals surface area contributed by atoms with Crippen molar-refractivity contribution in [1.29, 1.82) is 0 Å². The van der Waals surface area contributed by atoms with Crippen molar-refractivity contribution < 1.29 is 17.9 Å². The Bertz CT molecular complexity index is 189. The molecule has 0 aliphatic rings. The number of rotatable bonds is 11. The molecule has 0 spiro atoms. The molecular weight excluding hydrogens is 245 g/mol. The quantitative estimate of drug-likeness (QED) is 0.583. The summed E-state index contributed by atoms with van der Waals surface area (Å²) in [6.07, 6.45) is -1.95. The third kappa shape index (κ3) is 12.1. The number of halogens is 3. The van der Waals surface area contributed by atoms with Gasteiger partial charge in [-0.05, 0) is 13.0 Å². The first-order valence-corrected chi connectivity index (χ1v) is 6.57. The molecule has 0 amide bonds. The lowest BCUT2D eigenvalue weighted by Gasteiger charge is -2.21. The van der Waals surface area contributed by atoms with E-state index in [9.17, 15) is 13.2 Å². The second-order valence-electron chi connectivity index (χ2n) is 4.20. The van der Waals surface area contributed by atoms with Crippen molar-refractivity contribution in [3.05, 3.63) is 0 Å². The van der Waals surface area contributed by atoms with Gasteiger partial charge in [0.05, 0.1) is 13.2 Å². The van der Waals surface area contributed by atoms with Crippen molar-refractivity contribution in [2.24, 2.45) is 0 Å². The zero-order chi connectivity index (χ0) is 13.9. The van der Waals surface area contributed by atoms with E-state index in [1.165, 1.54) is 4.90 Å². The highest BCUT2D eigenvalue weighted by Gasteiger charge is 2.29. The molecule has 0 heterocycles. The van der Waals surface area contributed by atoms with Gasteiger partial charge in [0.1, 0.15) is 0 Å². The van der Waals surface area contributed by atoms with Gasteiger partial charge in [-0.15, -0.1) is 0 Å². The van der Waals surface area contributed by atoms with E-state index in [4.69, 9.17) is 4.74 Å². The molecule has 0 aliphatic heterocycles. The molecule has 0 aromatic carbocycles. The lowest BCUT2D eigenvalue weighted by Crippen LogP contribution is -2.39. The molecule has 0 saturated heterocycles. The largest absolute Gasteiger partial charge is 0.401 e. The summed E-state index contributed by atoms with van der Waals surface area (Å²) in [5.41, 5.74) is 0. The van der Waals surface area contributed by atoms with Gasteiger partial charge < -0.3 is 10.1 Å². The SMILES string of the molecule is CCCCOCCNCCN(CC)CC(F)(F)F. The molecule has 18 heavy (non-hydrogen) atoms. The van der Waals surface area contributed by atoms with Crippen LogP contribution in [0, 0.1) is 0 Å². The van der Waals surface area contributed by atoms with Crippen LogP contribution in [0.3, 0.4) is 0 Å². The van der Waals surface area contributed by atoms with Crippen LogP contribution in [0.1, 0.15) is 26.7 Å². The van der Waals surface area contributed by atoms with Crippen LogP contribution < -0.4 is 5.32 Å². The van der Waals surface area contributed by atoms with E-state index < -0.39 is 12.7 Å². The zero-order valence-corrected chi connectivity index (χ0v) is 11.4. The summed E-state index contributed by atoms with van der Waals surface area (Å²) >= 11 is 0. The van der Waals surface area contributed by atoms with Crippen molar-refractivity contribution in [2.45, 2.75) is 32.9 Å². The van der Waals surface area contributed by atoms with E-state index >= 15 is 0 Å². The van der Waals surface area contributed by atoms with Crippen LogP contribution in [0.25, 0.3) is 0 Å². The molecule has 0 bridgehead atoms. The lowest BCUT2D eigenvalue weighted by molar-refractivity contribution is -0.145. The van der Waals surface area contributed by atoms with Crippen molar-refractivity contribution in [1.82, 2.24) is 10.2 Å². The van der Waals surface area contributed by atoms with Crippen molar-refractivity contribution in [3.63, 3.8) is 0 Å². The van der Waals surface area contributed by atoms with E-state index in [2.05, 4.69) is 12.2 Å². The summed E-state index contributed by atoms with van der Waals surface area (Å²) in [5.74, 6) is 0. The van der Waals surface area contributed by atoms with Gasteiger partial charge >= 0.3 is 6.18 Å². The molecule has 0 atom stereocenters. The number of likely N-dealkylation sites (N-methyl/N-ethyl adjacent to an activating group) is 1. The summed E-state index contributed by atoms with van der Waals surface area (Å²) < 4.78 is 41.8. The Balaban J connectivity index is 3.40. The smallest absolute Gasteiger partial charge is 0.380 e. The Labute approximate surface area is 108 Å². The van der Waals surface area contributed by atoms with Crippen molar-refractivity contribution in [2.75, 3.05) is 45.9 Å². The molecule has 0 fully saturated rings. The maximum absolute atomic E-state index is 12.2. The predicted molar refractivity (Wildman–Crippen MR) is 66.8 cm³/mol. The first-order valence-electron chi connectivity index (χ1n) is 6.57. The monoisotopic (exact) mass is 270 g/mol. The van der Waals surface area contributed by atoms with Gasteiger partial charge in [0, 0.05) is 26.2 Å². The number of alkyl halides is 3. The van der Waals surface area contributed by atoms with Crippen LogP contribution in [0.5, 0.6) is 0 Å². The molecule has 6 heteroatoms. The first kappa shape index (κ1) is 17.7. The van der Waals surface area contributed by atoms with E-state index in [0.29, 0.717) is 32.8 Å². The highest BCUT2D eigenvalue weighted by atomic mass is 19.4. The average Bonchev–Trinajstić information content (AvgIpc) is 2.29. The first-order chi connectivity index (χ1) is 8.49. The number of ether oxygens (including phenoxy) is 1.